The first kappa shape index (κ1) is 14.3. The van der Waals surface area contributed by atoms with Gasteiger partial charge in [-0.2, -0.15) is 0 Å². The Hall–Kier alpha value is -2.14. The number of benzene rings is 1. The molecule has 0 aliphatic rings. The Morgan fingerprint density at radius 1 is 1.35 bits per heavy atom. The SMILES string of the molecule is CO[C@H](CNC(=O)c1c(C)noc1C)c1ccccc1. The zero-order chi connectivity index (χ0) is 14.5. The summed E-state index contributed by atoms with van der Waals surface area (Å²) in [5.74, 6) is 0.327. The molecule has 0 saturated carbocycles. The zero-order valence-corrected chi connectivity index (χ0v) is 11.8. The topological polar surface area (TPSA) is 64.4 Å². The first-order chi connectivity index (χ1) is 9.63. The predicted octanol–water partition coefficient (Wildman–Crippen LogP) is 2.41. The summed E-state index contributed by atoms with van der Waals surface area (Å²) in [5, 5.41) is 6.63. The number of methoxy groups -OCH3 is 1. The van der Waals surface area contributed by atoms with Crippen LogP contribution < -0.4 is 5.32 Å². The van der Waals surface area contributed by atoms with Gasteiger partial charge in [0.15, 0.2) is 0 Å². The van der Waals surface area contributed by atoms with E-state index in [1.54, 1.807) is 21.0 Å². The van der Waals surface area contributed by atoms with Gasteiger partial charge in [-0.3, -0.25) is 4.79 Å². The first-order valence-corrected chi connectivity index (χ1v) is 6.42. The van der Waals surface area contributed by atoms with E-state index >= 15 is 0 Å². The van der Waals surface area contributed by atoms with Crippen molar-refractivity contribution in [3.05, 3.63) is 52.9 Å². The van der Waals surface area contributed by atoms with Crippen LogP contribution >= 0.6 is 0 Å². The molecular weight excluding hydrogens is 256 g/mol. The van der Waals surface area contributed by atoms with E-state index in [-0.39, 0.29) is 12.0 Å². The van der Waals surface area contributed by atoms with Crippen molar-refractivity contribution in [3.8, 4) is 0 Å². The van der Waals surface area contributed by atoms with Gasteiger partial charge in [-0.25, -0.2) is 0 Å². The molecule has 0 fully saturated rings. The fraction of sp³-hybridized carbons (Fsp3) is 0.333. The molecule has 2 aromatic rings. The summed E-state index contributed by atoms with van der Waals surface area (Å²) in [6.07, 6.45) is -0.180. The fourth-order valence-corrected chi connectivity index (χ4v) is 2.09. The molecule has 20 heavy (non-hydrogen) atoms. The maximum Gasteiger partial charge on any atom is 0.256 e. The van der Waals surface area contributed by atoms with Gasteiger partial charge in [0.1, 0.15) is 11.3 Å². The van der Waals surface area contributed by atoms with Crippen LogP contribution in [-0.2, 0) is 4.74 Å². The molecule has 5 nitrogen and oxygen atoms in total. The lowest BCUT2D eigenvalue weighted by molar-refractivity contribution is 0.0826. The number of rotatable bonds is 5. The summed E-state index contributed by atoms with van der Waals surface area (Å²) in [7, 11) is 1.62. The number of nitrogens with zero attached hydrogens (tertiary/aromatic N) is 1. The lowest BCUT2D eigenvalue weighted by atomic mass is 10.1. The summed E-state index contributed by atoms with van der Waals surface area (Å²) >= 11 is 0. The maximum absolute atomic E-state index is 12.1. The molecule has 1 heterocycles. The van der Waals surface area contributed by atoms with Crippen molar-refractivity contribution in [2.24, 2.45) is 0 Å². The minimum absolute atomic E-state index is 0.180. The average molecular weight is 274 g/mol. The van der Waals surface area contributed by atoms with E-state index in [4.69, 9.17) is 9.26 Å². The highest BCUT2D eigenvalue weighted by molar-refractivity contribution is 5.96. The van der Waals surface area contributed by atoms with Crippen molar-refractivity contribution < 1.29 is 14.1 Å². The molecule has 0 unspecified atom stereocenters. The van der Waals surface area contributed by atoms with Crippen molar-refractivity contribution in [1.29, 1.82) is 0 Å². The number of carbonyl (C=O) groups is 1. The van der Waals surface area contributed by atoms with Gasteiger partial charge in [0, 0.05) is 13.7 Å². The zero-order valence-electron chi connectivity index (χ0n) is 11.8. The van der Waals surface area contributed by atoms with Crippen molar-refractivity contribution >= 4 is 5.91 Å². The number of ether oxygens (including phenoxy) is 1. The summed E-state index contributed by atoms with van der Waals surface area (Å²) < 4.78 is 10.4. The number of hydrogen-bond acceptors (Lipinski definition) is 4. The molecule has 1 atom stereocenters. The molecule has 2 rings (SSSR count). The first-order valence-electron chi connectivity index (χ1n) is 6.42. The van der Waals surface area contributed by atoms with Crippen LogP contribution in [0.2, 0.25) is 0 Å². The van der Waals surface area contributed by atoms with Gasteiger partial charge >= 0.3 is 0 Å². The minimum atomic E-state index is -0.195. The van der Waals surface area contributed by atoms with Gasteiger partial charge < -0.3 is 14.6 Å². The van der Waals surface area contributed by atoms with Gasteiger partial charge in [0.2, 0.25) is 0 Å². The average Bonchev–Trinajstić information content (AvgIpc) is 2.80. The largest absolute Gasteiger partial charge is 0.375 e. The van der Waals surface area contributed by atoms with E-state index in [0.29, 0.717) is 23.6 Å². The lowest BCUT2D eigenvalue weighted by Crippen LogP contribution is -2.29. The summed E-state index contributed by atoms with van der Waals surface area (Å²) in [5.41, 5.74) is 2.11. The highest BCUT2D eigenvalue weighted by Gasteiger charge is 2.19. The monoisotopic (exact) mass is 274 g/mol. The van der Waals surface area contributed by atoms with Gasteiger partial charge in [-0.1, -0.05) is 35.5 Å². The normalized spacial score (nSPS) is 12.2. The van der Waals surface area contributed by atoms with Crippen LogP contribution in [0.3, 0.4) is 0 Å². The predicted molar refractivity (Wildman–Crippen MR) is 74.5 cm³/mol. The van der Waals surface area contributed by atoms with Crippen LogP contribution in [0, 0.1) is 13.8 Å². The summed E-state index contributed by atoms with van der Waals surface area (Å²) in [4.78, 5) is 12.1. The van der Waals surface area contributed by atoms with Crippen molar-refractivity contribution in [1.82, 2.24) is 10.5 Å². The Balaban J connectivity index is 2.02. The molecule has 0 radical (unpaired) electrons. The third-order valence-electron chi connectivity index (χ3n) is 3.16. The second-order valence-electron chi connectivity index (χ2n) is 4.54. The van der Waals surface area contributed by atoms with Crippen LogP contribution in [0.4, 0.5) is 0 Å². The Kier molecular flexibility index (Phi) is 4.53. The maximum atomic E-state index is 12.1. The fourth-order valence-electron chi connectivity index (χ4n) is 2.09. The molecular formula is C15H18N2O3. The highest BCUT2D eigenvalue weighted by atomic mass is 16.5. The minimum Gasteiger partial charge on any atom is -0.375 e. The van der Waals surface area contributed by atoms with Crippen LogP contribution in [0.1, 0.15) is 33.5 Å². The number of carbonyl (C=O) groups excluding carboxylic acids is 1. The number of aromatic nitrogens is 1. The van der Waals surface area contributed by atoms with E-state index in [9.17, 15) is 4.79 Å². The summed E-state index contributed by atoms with van der Waals surface area (Å²) in [6, 6.07) is 9.76. The Morgan fingerprint density at radius 2 is 2.05 bits per heavy atom. The summed E-state index contributed by atoms with van der Waals surface area (Å²) in [6.45, 7) is 3.86. The third kappa shape index (κ3) is 3.05. The number of hydrogen-bond donors (Lipinski definition) is 1. The van der Waals surface area contributed by atoms with Crippen LogP contribution in [-0.4, -0.2) is 24.7 Å². The standard InChI is InChI=1S/C15H18N2O3/c1-10-14(11(2)20-17-10)15(18)16-9-13(19-3)12-7-5-4-6-8-12/h4-8,13H,9H2,1-3H3,(H,16,18)/t13-/m1/s1. The van der Waals surface area contributed by atoms with Crippen LogP contribution in [0.25, 0.3) is 0 Å². The molecule has 0 aliphatic heterocycles. The Bertz CT molecular complexity index is 559. The van der Waals surface area contributed by atoms with E-state index in [0.717, 1.165) is 5.56 Å². The number of nitrogens with one attached hydrogen (secondary N) is 1. The quantitative estimate of drug-likeness (QED) is 0.909. The van der Waals surface area contributed by atoms with E-state index in [1.807, 2.05) is 30.3 Å². The second kappa shape index (κ2) is 6.34. The molecule has 1 aromatic heterocycles. The molecule has 0 spiro atoms. The molecule has 1 amide bonds. The van der Waals surface area contributed by atoms with E-state index in [2.05, 4.69) is 10.5 Å². The molecule has 106 valence electrons. The number of amides is 1. The van der Waals surface area contributed by atoms with Gasteiger partial charge in [0.25, 0.3) is 5.91 Å². The van der Waals surface area contributed by atoms with Crippen LogP contribution in [0.15, 0.2) is 34.9 Å². The van der Waals surface area contributed by atoms with E-state index in [1.165, 1.54) is 0 Å². The molecule has 1 aromatic carbocycles. The third-order valence-corrected chi connectivity index (χ3v) is 3.16. The molecule has 0 bridgehead atoms. The van der Waals surface area contributed by atoms with Crippen molar-refractivity contribution in [2.75, 3.05) is 13.7 Å². The molecule has 0 saturated heterocycles. The molecule has 0 aliphatic carbocycles. The van der Waals surface area contributed by atoms with E-state index < -0.39 is 0 Å². The molecule has 5 heteroatoms. The van der Waals surface area contributed by atoms with Crippen molar-refractivity contribution in [2.45, 2.75) is 20.0 Å². The number of aryl methyl sites for hydroxylation is 2. The van der Waals surface area contributed by atoms with Crippen molar-refractivity contribution in [3.63, 3.8) is 0 Å². The lowest BCUT2D eigenvalue weighted by Gasteiger charge is -2.16. The van der Waals surface area contributed by atoms with Gasteiger partial charge in [-0.15, -0.1) is 0 Å². The van der Waals surface area contributed by atoms with Gasteiger partial charge in [-0.05, 0) is 19.4 Å². The van der Waals surface area contributed by atoms with Crippen LogP contribution in [0.5, 0.6) is 0 Å². The highest BCUT2D eigenvalue weighted by Crippen LogP contribution is 2.16. The molecule has 1 N–H and O–H groups in total. The Labute approximate surface area is 117 Å². The smallest absolute Gasteiger partial charge is 0.256 e. The second-order valence-corrected chi connectivity index (χ2v) is 4.54. The van der Waals surface area contributed by atoms with Gasteiger partial charge in [0.05, 0.1) is 11.8 Å². The Morgan fingerprint density at radius 3 is 2.60 bits per heavy atom.